The predicted octanol–water partition coefficient (Wildman–Crippen LogP) is 4.20. The number of nitrogens with zero attached hydrogens (tertiary/aromatic N) is 2. The van der Waals surface area contributed by atoms with Crippen LogP contribution in [0.5, 0.6) is 0 Å². The van der Waals surface area contributed by atoms with Gasteiger partial charge in [-0.05, 0) is 34.1 Å². The van der Waals surface area contributed by atoms with Crippen molar-refractivity contribution < 1.29 is 17.6 Å². The molecule has 2 aromatic rings. The first-order valence-electron chi connectivity index (χ1n) is 4.49. The van der Waals surface area contributed by atoms with E-state index in [0.717, 1.165) is 17.4 Å². The average molecular weight is 342 g/mol. The maximum atomic E-state index is 13.4. The lowest BCUT2D eigenvalue weighted by molar-refractivity contribution is -0.137. The highest BCUT2D eigenvalue weighted by atomic mass is 79.9. The Labute approximate surface area is 111 Å². The van der Waals surface area contributed by atoms with Crippen LogP contribution in [0.25, 0.3) is 0 Å². The molecule has 1 heterocycles. The van der Waals surface area contributed by atoms with E-state index in [9.17, 15) is 17.6 Å². The van der Waals surface area contributed by atoms with E-state index in [1.165, 1.54) is 0 Å². The van der Waals surface area contributed by atoms with E-state index < -0.39 is 17.6 Å². The van der Waals surface area contributed by atoms with Gasteiger partial charge in [-0.2, -0.15) is 13.2 Å². The van der Waals surface area contributed by atoms with Crippen molar-refractivity contribution in [3.8, 4) is 0 Å². The maximum absolute atomic E-state index is 13.4. The smallest absolute Gasteiger partial charge is 0.328 e. The van der Waals surface area contributed by atoms with Crippen molar-refractivity contribution in [1.29, 1.82) is 0 Å². The van der Waals surface area contributed by atoms with Crippen LogP contribution in [-0.2, 0) is 6.18 Å². The predicted molar refractivity (Wildman–Crippen MR) is 62.3 cm³/mol. The highest BCUT2D eigenvalue weighted by Gasteiger charge is 2.31. The number of benzene rings is 1. The third-order valence-corrected chi connectivity index (χ3v) is 3.21. The van der Waals surface area contributed by atoms with Crippen LogP contribution in [0.15, 0.2) is 22.1 Å². The second kappa shape index (κ2) is 4.81. The fourth-order valence-electron chi connectivity index (χ4n) is 1.17. The molecule has 0 saturated heterocycles. The molecule has 9 heteroatoms. The van der Waals surface area contributed by atoms with Crippen LogP contribution in [0.3, 0.4) is 0 Å². The lowest BCUT2D eigenvalue weighted by atomic mass is 10.2. The summed E-state index contributed by atoms with van der Waals surface area (Å²) in [4.78, 5) is 0. The lowest BCUT2D eigenvalue weighted by Crippen LogP contribution is -2.06. The quantitative estimate of drug-likeness (QED) is 0.832. The molecule has 1 N–H and O–H groups in total. The molecular formula is C9H4BrF4N3S. The highest BCUT2D eigenvalue weighted by Crippen LogP contribution is 2.33. The first-order valence-corrected chi connectivity index (χ1v) is 6.10. The third-order valence-electron chi connectivity index (χ3n) is 1.94. The summed E-state index contributed by atoms with van der Waals surface area (Å²) in [6.45, 7) is 0. The Balaban J connectivity index is 2.32. The fourth-order valence-corrected chi connectivity index (χ4v) is 2.19. The molecule has 0 unspecified atom stereocenters. The van der Waals surface area contributed by atoms with E-state index in [1.807, 2.05) is 0 Å². The summed E-state index contributed by atoms with van der Waals surface area (Å²) in [6.07, 6.45) is -4.52. The minimum Gasteiger partial charge on any atom is -0.328 e. The van der Waals surface area contributed by atoms with Gasteiger partial charge in [-0.25, -0.2) is 4.39 Å². The van der Waals surface area contributed by atoms with Crippen LogP contribution in [0, 0.1) is 5.82 Å². The number of halogens is 5. The molecule has 0 radical (unpaired) electrons. The Morgan fingerprint density at radius 3 is 2.50 bits per heavy atom. The minimum atomic E-state index is -4.52. The molecule has 0 fully saturated rings. The molecule has 0 spiro atoms. The van der Waals surface area contributed by atoms with Crippen molar-refractivity contribution in [2.75, 3.05) is 5.32 Å². The van der Waals surface area contributed by atoms with Crippen LogP contribution < -0.4 is 5.32 Å². The van der Waals surface area contributed by atoms with Gasteiger partial charge in [0.1, 0.15) is 5.82 Å². The summed E-state index contributed by atoms with van der Waals surface area (Å²) in [5.74, 6) is -0.797. The zero-order valence-corrected chi connectivity index (χ0v) is 10.8. The number of hydrogen-bond donors (Lipinski definition) is 1. The summed E-state index contributed by atoms with van der Waals surface area (Å²) in [5, 5.41) is 9.84. The molecule has 0 saturated carbocycles. The topological polar surface area (TPSA) is 37.8 Å². The Bertz CT molecular complexity index is 569. The van der Waals surface area contributed by atoms with Crippen molar-refractivity contribution in [1.82, 2.24) is 10.2 Å². The molecule has 0 aliphatic rings. The molecule has 1 aromatic heterocycles. The van der Waals surface area contributed by atoms with E-state index in [0.29, 0.717) is 16.0 Å². The second-order valence-electron chi connectivity index (χ2n) is 3.18. The highest BCUT2D eigenvalue weighted by molar-refractivity contribution is 9.11. The molecule has 0 atom stereocenters. The lowest BCUT2D eigenvalue weighted by Gasteiger charge is -2.09. The SMILES string of the molecule is Fc1ccc(C(F)(F)F)cc1Nc1nnc(Br)s1. The van der Waals surface area contributed by atoms with Crippen LogP contribution in [0.2, 0.25) is 0 Å². The number of nitrogens with one attached hydrogen (secondary N) is 1. The molecule has 2 rings (SSSR count). The van der Waals surface area contributed by atoms with Crippen LogP contribution in [0.4, 0.5) is 28.4 Å². The molecule has 3 nitrogen and oxygen atoms in total. The summed E-state index contributed by atoms with van der Waals surface area (Å²) >= 11 is 4.08. The zero-order valence-electron chi connectivity index (χ0n) is 8.42. The van der Waals surface area contributed by atoms with Gasteiger partial charge in [0.15, 0.2) is 3.92 Å². The fraction of sp³-hybridized carbons (Fsp3) is 0.111. The van der Waals surface area contributed by atoms with Crippen molar-refractivity contribution in [3.63, 3.8) is 0 Å². The van der Waals surface area contributed by atoms with Gasteiger partial charge < -0.3 is 5.32 Å². The first kappa shape index (κ1) is 13.2. The normalized spacial score (nSPS) is 11.6. The van der Waals surface area contributed by atoms with E-state index >= 15 is 0 Å². The molecule has 96 valence electrons. The van der Waals surface area contributed by atoms with E-state index in [-0.39, 0.29) is 10.8 Å². The van der Waals surface area contributed by atoms with Crippen molar-refractivity contribution in [2.24, 2.45) is 0 Å². The number of aromatic nitrogens is 2. The Kier molecular flexibility index (Phi) is 3.53. The summed E-state index contributed by atoms with van der Waals surface area (Å²) < 4.78 is 51.2. The second-order valence-corrected chi connectivity index (χ2v) is 5.43. The maximum Gasteiger partial charge on any atom is 0.416 e. The number of anilines is 2. The van der Waals surface area contributed by atoms with Gasteiger partial charge in [0, 0.05) is 0 Å². The van der Waals surface area contributed by atoms with Gasteiger partial charge in [0.05, 0.1) is 11.3 Å². The van der Waals surface area contributed by atoms with Gasteiger partial charge in [0.2, 0.25) is 5.13 Å². The van der Waals surface area contributed by atoms with Gasteiger partial charge in [-0.1, -0.05) is 11.3 Å². The van der Waals surface area contributed by atoms with Crippen molar-refractivity contribution in [3.05, 3.63) is 33.5 Å². The van der Waals surface area contributed by atoms with Gasteiger partial charge >= 0.3 is 6.18 Å². The van der Waals surface area contributed by atoms with Crippen LogP contribution in [-0.4, -0.2) is 10.2 Å². The van der Waals surface area contributed by atoms with Crippen LogP contribution >= 0.6 is 27.3 Å². The molecular weight excluding hydrogens is 338 g/mol. The molecule has 18 heavy (non-hydrogen) atoms. The summed E-state index contributed by atoms with van der Waals surface area (Å²) in [6, 6.07) is 2.11. The van der Waals surface area contributed by atoms with Crippen LogP contribution in [0.1, 0.15) is 5.56 Å². The molecule has 0 amide bonds. The number of rotatable bonds is 2. The monoisotopic (exact) mass is 341 g/mol. The molecule has 1 aromatic carbocycles. The van der Waals surface area contributed by atoms with Gasteiger partial charge in [-0.3, -0.25) is 0 Å². The largest absolute Gasteiger partial charge is 0.416 e. The number of alkyl halides is 3. The summed E-state index contributed by atoms with van der Waals surface area (Å²) in [7, 11) is 0. The van der Waals surface area contributed by atoms with E-state index in [1.54, 1.807) is 0 Å². The van der Waals surface area contributed by atoms with Gasteiger partial charge in [-0.15, -0.1) is 10.2 Å². The first-order chi connectivity index (χ1) is 8.36. The Morgan fingerprint density at radius 2 is 1.94 bits per heavy atom. The van der Waals surface area contributed by atoms with Crippen molar-refractivity contribution >= 4 is 38.1 Å². The number of hydrogen-bond acceptors (Lipinski definition) is 4. The summed E-state index contributed by atoms with van der Waals surface area (Å²) in [5.41, 5.74) is -1.23. The van der Waals surface area contributed by atoms with E-state index in [2.05, 4.69) is 31.4 Å². The average Bonchev–Trinajstić information content (AvgIpc) is 2.66. The molecule has 0 aliphatic carbocycles. The standard InChI is InChI=1S/C9H4BrF4N3S/c10-7-16-17-8(18-7)15-6-3-4(9(12,13)14)1-2-5(6)11/h1-3H,(H,15,17). The Morgan fingerprint density at radius 1 is 1.22 bits per heavy atom. The van der Waals surface area contributed by atoms with Crippen molar-refractivity contribution in [2.45, 2.75) is 6.18 Å². The zero-order chi connectivity index (χ0) is 13.3. The third kappa shape index (κ3) is 2.96. The minimum absolute atomic E-state index is 0.195. The van der Waals surface area contributed by atoms with Gasteiger partial charge in [0.25, 0.3) is 0 Å². The van der Waals surface area contributed by atoms with E-state index in [4.69, 9.17) is 0 Å². The molecule has 0 aliphatic heterocycles. The Hall–Kier alpha value is -1.22. The molecule has 0 bridgehead atoms.